The van der Waals surface area contributed by atoms with E-state index in [9.17, 15) is 0 Å². The molecule has 2 nitrogen and oxygen atoms in total. The molecule has 0 saturated carbocycles. The molecule has 498 valence electrons. The van der Waals surface area contributed by atoms with Crippen LogP contribution in [0.3, 0.4) is 0 Å². The van der Waals surface area contributed by atoms with Crippen LogP contribution in [0.15, 0.2) is 138 Å². The summed E-state index contributed by atoms with van der Waals surface area (Å²) in [6, 6.07) is 46.8. The molecule has 0 aliphatic carbocycles. The van der Waals surface area contributed by atoms with Gasteiger partial charge in [0.25, 0.3) is 0 Å². The second-order valence-electron chi connectivity index (χ2n) is 25.0. The third-order valence-electron chi connectivity index (χ3n) is 17.3. The van der Waals surface area contributed by atoms with Gasteiger partial charge in [-0.15, -0.1) is 115 Å². The molecule has 7 aromatic rings. The lowest BCUT2D eigenvalue weighted by atomic mass is 10.0. The zero-order valence-electron chi connectivity index (χ0n) is 56.3. The maximum Gasteiger partial charge on any atom is 0.101 e. The van der Waals surface area contributed by atoms with E-state index in [1.807, 2.05) is 115 Å². The van der Waals surface area contributed by atoms with Gasteiger partial charge in [-0.1, -0.05) is 271 Å². The van der Waals surface area contributed by atoms with Gasteiger partial charge in [-0.3, -0.25) is 0 Å². The first-order chi connectivity index (χ1) is 47.1. The topological polar surface area (TPSA) is 25.8 Å². The van der Waals surface area contributed by atoms with E-state index in [4.69, 9.17) is 9.97 Å². The van der Waals surface area contributed by atoms with E-state index in [1.165, 1.54) is 263 Å². The van der Waals surface area contributed by atoms with Gasteiger partial charge in [0.1, 0.15) is 7.69 Å². The van der Waals surface area contributed by atoms with Crippen molar-refractivity contribution in [2.45, 2.75) is 158 Å². The van der Waals surface area contributed by atoms with Crippen LogP contribution < -0.4 is 7.69 Å². The first-order valence-electron chi connectivity index (χ1n) is 34.4. The summed E-state index contributed by atoms with van der Waals surface area (Å²) >= 11 is 28.3. The maximum absolute atomic E-state index is 6.15. The second kappa shape index (κ2) is 34.3. The highest BCUT2D eigenvalue weighted by molar-refractivity contribution is 8.46. The molecule has 16 heteroatoms. The van der Waals surface area contributed by atoms with E-state index >= 15 is 0 Å². The number of aryl methyl sites for hydroxylation is 4. The molecule has 0 N–H and O–H groups in total. The zero-order valence-corrected chi connectivity index (χ0v) is 67.7. The zero-order chi connectivity index (χ0) is 66.1. The summed E-state index contributed by atoms with van der Waals surface area (Å²) in [4.78, 5) is 12.3. The highest BCUT2D eigenvalue weighted by Crippen LogP contribution is 2.60. The van der Waals surface area contributed by atoms with E-state index in [2.05, 4.69) is 224 Å². The van der Waals surface area contributed by atoms with Crippen LogP contribution in [0.2, 0.25) is 0 Å². The minimum atomic E-state index is 1.06. The van der Waals surface area contributed by atoms with Crippen molar-refractivity contribution in [3.05, 3.63) is 186 Å². The summed E-state index contributed by atoms with van der Waals surface area (Å²) in [5.41, 5.74) is 18.7. The van der Waals surface area contributed by atoms with E-state index in [1.54, 1.807) is 0 Å². The van der Waals surface area contributed by atoms with Crippen molar-refractivity contribution in [1.82, 2.24) is 9.97 Å². The molecule has 0 fully saturated rings. The van der Waals surface area contributed by atoms with E-state index in [0.29, 0.717) is 0 Å². The molecule has 8 bridgehead atoms. The molecular weight excluding hydrogens is 1440 g/mol. The van der Waals surface area contributed by atoms with Crippen molar-refractivity contribution >= 4 is 211 Å². The van der Waals surface area contributed by atoms with Crippen molar-refractivity contribution < 1.29 is 0 Å². The van der Waals surface area contributed by atoms with Gasteiger partial charge in [0, 0.05) is 41.1 Å². The molecule has 9 heterocycles. The molecule has 13 rings (SSSR count). The third kappa shape index (κ3) is 16.5. The number of rotatable bonds is 28. The minimum Gasteiger partial charge on any atom is -0.245 e. The highest BCUT2D eigenvalue weighted by Gasteiger charge is 2.28. The van der Waals surface area contributed by atoms with Crippen LogP contribution in [0.25, 0.3) is 93.8 Å². The summed E-state index contributed by atoms with van der Waals surface area (Å²) in [6.45, 7) is 18.1. The molecule has 0 unspecified atom stereocenters. The standard InChI is InChI=1S/C80H84N2S14/c1-9-13-17-21-45-83-73-74(84-46-22-18-14-10-2)94-79(93-73)77-89-69-65-61(53-33-25-49(5)26-34-53)57-41-43-59(87-57)63(55-37-29-51(7)30-38-55)67-71-72(92-78(91-71)80-95-75(85-47-23-19-15-11-3)76(96-80)86-48-24-20-16-12-4)68(82-67)64(56-39-31-52(8)32-40-56)60-44-42-58(88-60)62(66(81-65)70(69)90-77)54-35-27-50(6)28-36-54/h25-44H,9-24,45-48H2,1-8H3. The average molecular weight is 1520 g/mol. The van der Waals surface area contributed by atoms with Crippen LogP contribution in [0.4, 0.5) is 0 Å². The molecule has 3 aromatic heterocycles. The SMILES string of the molecule is CCCCCCSC1=C(SCCCCCC)SC(=c2sc3c4nc(c(-c5ccc(C)cc5)c5ccc(s5)c(-c5ccc(C)cc5)c5nc(c(-c6ccc(C)cc6)c6ccc(s6)c4-c4ccc(C)cc4)c4sc(=C6SC(SCCCCCC)=C(SCCCCCC)S6)sc5=4)c=3s2)S1. The van der Waals surface area contributed by atoms with Crippen LogP contribution in [0, 0.1) is 45.8 Å². The van der Waals surface area contributed by atoms with E-state index in [-0.39, 0.29) is 0 Å². The Balaban J connectivity index is 1.13. The Morgan fingerprint density at radius 1 is 0.271 bits per heavy atom. The molecule has 6 aliphatic rings. The van der Waals surface area contributed by atoms with Gasteiger partial charge < -0.3 is 0 Å². The number of benzene rings is 4. The molecular formula is C80H84N2S14. The number of thiophene rings is 2. The van der Waals surface area contributed by atoms with Crippen molar-refractivity contribution in [2.75, 3.05) is 23.0 Å². The van der Waals surface area contributed by atoms with Crippen LogP contribution in [-0.2, 0) is 0 Å². The monoisotopic (exact) mass is 1520 g/mol. The van der Waals surface area contributed by atoms with E-state index in [0.717, 1.165) is 22.1 Å². The minimum absolute atomic E-state index is 1.06. The summed E-state index contributed by atoms with van der Waals surface area (Å²) < 4.78 is 21.5. The fourth-order valence-corrected chi connectivity index (χ4v) is 32.2. The quantitative estimate of drug-likeness (QED) is 0.0441. The van der Waals surface area contributed by atoms with Gasteiger partial charge >= 0.3 is 0 Å². The van der Waals surface area contributed by atoms with Crippen molar-refractivity contribution in [3.63, 3.8) is 0 Å². The van der Waals surface area contributed by atoms with Crippen LogP contribution in [0.5, 0.6) is 0 Å². The van der Waals surface area contributed by atoms with Gasteiger partial charge in [-0.05, 0) is 123 Å². The summed E-state index contributed by atoms with van der Waals surface area (Å²) in [5.74, 6) is 4.70. The normalized spacial score (nSPS) is 13.7. The number of thioether (sulfide) groups is 8. The highest BCUT2D eigenvalue weighted by atomic mass is 32.3. The van der Waals surface area contributed by atoms with Crippen LogP contribution >= 0.6 is 162 Å². The molecule has 0 radical (unpaired) electrons. The van der Waals surface area contributed by atoms with Gasteiger partial charge in [0.05, 0.1) is 65.6 Å². The van der Waals surface area contributed by atoms with Gasteiger partial charge in [0.2, 0.25) is 0 Å². The Morgan fingerprint density at radius 2 is 0.500 bits per heavy atom. The Morgan fingerprint density at radius 3 is 0.719 bits per heavy atom. The molecule has 4 aromatic carbocycles. The van der Waals surface area contributed by atoms with Gasteiger partial charge in [0.15, 0.2) is 0 Å². The summed E-state index contributed by atoms with van der Waals surface area (Å²) in [5, 5.41) is 0. The van der Waals surface area contributed by atoms with Crippen LogP contribution in [0.1, 0.15) is 153 Å². The molecule has 96 heavy (non-hydrogen) atoms. The first kappa shape index (κ1) is 71.4. The van der Waals surface area contributed by atoms with Crippen LogP contribution in [-0.4, -0.2) is 33.0 Å². The molecule has 0 amide bonds. The van der Waals surface area contributed by atoms with Crippen molar-refractivity contribution in [1.29, 1.82) is 0 Å². The fourth-order valence-electron chi connectivity index (χ4n) is 12.0. The Kier molecular flexibility index (Phi) is 25.5. The van der Waals surface area contributed by atoms with Crippen molar-refractivity contribution in [3.8, 4) is 44.5 Å². The second-order valence-corrected chi connectivity index (χ2v) is 41.8. The van der Waals surface area contributed by atoms with E-state index < -0.39 is 0 Å². The number of nitrogens with zero attached hydrogens (tertiary/aromatic N) is 2. The molecule has 0 atom stereocenters. The van der Waals surface area contributed by atoms with Gasteiger partial charge in [-0.25, -0.2) is 9.97 Å². The Hall–Kier alpha value is -3.04. The van der Waals surface area contributed by atoms with Gasteiger partial charge in [-0.2, -0.15) is 0 Å². The third-order valence-corrected chi connectivity index (χ3v) is 37.2. The predicted molar refractivity (Wildman–Crippen MR) is 454 cm³/mol. The average Bonchev–Trinajstić information content (AvgIpc) is 1.58. The lowest BCUT2D eigenvalue weighted by Gasteiger charge is -2.06. The summed E-state index contributed by atoms with van der Waals surface area (Å²) in [6.07, 6.45) is 20.6. The maximum atomic E-state index is 6.15. The summed E-state index contributed by atoms with van der Waals surface area (Å²) in [7, 11) is 0. The lowest BCUT2D eigenvalue weighted by molar-refractivity contribution is 0.707. The molecule has 0 saturated heterocycles. The Bertz CT molecular complexity index is 4370. The number of unbranched alkanes of at least 4 members (excludes halogenated alkanes) is 12. The number of aromatic nitrogens is 2. The number of hydrogen-bond acceptors (Lipinski definition) is 16. The van der Waals surface area contributed by atoms with Crippen molar-refractivity contribution in [2.24, 2.45) is 0 Å². The largest absolute Gasteiger partial charge is 0.245 e. The lowest BCUT2D eigenvalue weighted by Crippen LogP contribution is -1.89. The predicted octanol–water partition coefficient (Wildman–Crippen LogP) is 29.1. The smallest absolute Gasteiger partial charge is 0.101 e. The Labute approximate surface area is 626 Å². The first-order valence-corrected chi connectivity index (χ1v) is 46.5. The number of hydrogen-bond donors (Lipinski definition) is 0. The number of fused-ring (bicyclic) bond motifs is 12. The molecule has 6 aliphatic heterocycles. The fraction of sp³-hybridized carbons (Fsp3) is 0.350. The molecule has 0 spiro atoms.